The van der Waals surface area contributed by atoms with Crippen LogP contribution in [-0.2, 0) is 4.74 Å². The van der Waals surface area contributed by atoms with Crippen molar-refractivity contribution in [3.63, 3.8) is 0 Å². The molecule has 1 aliphatic heterocycles. The van der Waals surface area contributed by atoms with Crippen LogP contribution in [-0.4, -0.2) is 17.8 Å². The van der Waals surface area contributed by atoms with E-state index in [4.69, 9.17) is 9.84 Å². The van der Waals surface area contributed by atoms with Crippen LogP contribution < -0.4 is 0 Å². The van der Waals surface area contributed by atoms with E-state index in [1.807, 2.05) is 24.3 Å². The van der Waals surface area contributed by atoms with Gasteiger partial charge in [-0.1, -0.05) is 24.3 Å². The van der Waals surface area contributed by atoms with Crippen molar-refractivity contribution in [3.05, 3.63) is 35.9 Å². The number of hydrogen-bond donors (Lipinski definition) is 1. The molecule has 1 N–H and O–H groups in total. The lowest BCUT2D eigenvalue weighted by atomic mass is 10.2. The second kappa shape index (κ2) is 2.99. The topological polar surface area (TPSA) is 32.8 Å². The molecule has 0 aromatic heterocycles. The van der Waals surface area contributed by atoms with E-state index in [0.29, 0.717) is 11.9 Å². The van der Waals surface area contributed by atoms with Crippen molar-refractivity contribution in [2.24, 2.45) is 0 Å². The molecular formula is C10H10O2. The Bertz CT molecular complexity index is 300. The summed E-state index contributed by atoms with van der Waals surface area (Å²) in [7, 11) is 0. The normalized spacial score (nSPS) is 21.5. The minimum atomic E-state index is 0.298. The Balaban J connectivity index is 2.11. The largest absolute Gasteiger partial charge is 0.508 e. The first kappa shape index (κ1) is 7.37. The molecule has 2 heteroatoms. The summed E-state index contributed by atoms with van der Waals surface area (Å²) < 4.78 is 5.01. The monoisotopic (exact) mass is 162 g/mol. The summed E-state index contributed by atoms with van der Waals surface area (Å²) in [5.41, 5.74) is 1.01. The number of benzene rings is 1. The third-order valence-corrected chi connectivity index (χ3v) is 1.73. The van der Waals surface area contributed by atoms with Gasteiger partial charge < -0.3 is 9.84 Å². The van der Waals surface area contributed by atoms with E-state index in [-0.39, 0.29) is 0 Å². The van der Waals surface area contributed by atoms with Crippen molar-refractivity contribution in [1.82, 2.24) is 0 Å². The Labute approximate surface area is 71.1 Å². The summed E-state index contributed by atoms with van der Waals surface area (Å²) in [4.78, 5) is 0. The van der Waals surface area contributed by atoms with Gasteiger partial charge in [0.25, 0.3) is 0 Å². The summed E-state index contributed by atoms with van der Waals surface area (Å²) in [5, 5.41) is 9.13. The van der Waals surface area contributed by atoms with Crippen molar-refractivity contribution in [2.75, 3.05) is 6.61 Å². The van der Waals surface area contributed by atoms with Crippen LogP contribution in [0.25, 0.3) is 6.08 Å². The highest BCUT2D eigenvalue weighted by atomic mass is 16.6. The van der Waals surface area contributed by atoms with E-state index < -0.39 is 0 Å². The molecule has 0 aliphatic carbocycles. The molecule has 0 spiro atoms. The highest BCUT2D eigenvalue weighted by Gasteiger charge is 2.17. The summed E-state index contributed by atoms with van der Waals surface area (Å²) >= 11 is 0. The lowest BCUT2D eigenvalue weighted by Gasteiger charge is -1.93. The van der Waals surface area contributed by atoms with Crippen molar-refractivity contribution in [1.29, 1.82) is 0 Å². The Kier molecular flexibility index (Phi) is 1.84. The molecule has 1 atom stereocenters. The highest BCUT2D eigenvalue weighted by molar-refractivity contribution is 5.52. The fourth-order valence-electron chi connectivity index (χ4n) is 1.01. The molecule has 1 heterocycles. The van der Waals surface area contributed by atoms with Gasteiger partial charge in [-0.3, -0.25) is 0 Å². The van der Waals surface area contributed by atoms with Gasteiger partial charge in [0.1, 0.15) is 5.75 Å². The minimum absolute atomic E-state index is 0.298. The third kappa shape index (κ3) is 1.86. The zero-order valence-electron chi connectivity index (χ0n) is 6.60. The molecule has 1 aromatic rings. The van der Waals surface area contributed by atoms with Gasteiger partial charge in [-0.25, -0.2) is 0 Å². The molecule has 2 nitrogen and oxygen atoms in total. The average molecular weight is 162 g/mol. The Morgan fingerprint density at radius 1 is 1.50 bits per heavy atom. The van der Waals surface area contributed by atoms with Crippen LogP contribution in [0.1, 0.15) is 5.56 Å². The van der Waals surface area contributed by atoms with Gasteiger partial charge in [-0.2, -0.15) is 0 Å². The van der Waals surface area contributed by atoms with Crippen LogP contribution in [0, 0.1) is 0 Å². The van der Waals surface area contributed by atoms with Crippen LogP contribution in [0.2, 0.25) is 0 Å². The summed E-state index contributed by atoms with van der Waals surface area (Å²) in [6.07, 6.45) is 4.25. The average Bonchev–Trinajstić information content (AvgIpc) is 2.84. The number of phenols is 1. The van der Waals surface area contributed by atoms with Gasteiger partial charge in [-0.15, -0.1) is 0 Å². The molecule has 1 fully saturated rings. The molecule has 0 saturated carbocycles. The van der Waals surface area contributed by atoms with Gasteiger partial charge in [0.15, 0.2) is 0 Å². The lowest BCUT2D eigenvalue weighted by Crippen LogP contribution is -1.75. The quantitative estimate of drug-likeness (QED) is 0.672. The summed E-state index contributed by atoms with van der Waals surface area (Å²) in [5.74, 6) is 0.300. The second-order valence-corrected chi connectivity index (χ2v) is 2.83. The van der Waals surface area contributed by atoms with Gasteiger partial charge in [0.2, 0.25) is 0 Å². The van der Waals surface area contributed by atoms with Crippen LogP contribution in [0.5, 0.6) is 5.75 Å². The first-order valence-corrected chi connectivity index (χ1v) is 3.93. The van der Waals surface area contributed by atoms with Gasteiger partial charge in [-0.05, 0) is 17.7 Å². The Morgan fingerprint density at radius 3 is 3.00 bits per heavy atom. The maximum absolute atomic E-state index is 9.13. The van der Waals surface area contributed by atoms with Crippen molar-refractivity contribution in [3.8, 4) is 5.75 Å². The summed E-state index contributed by atoms with van der Waals surface area (Å²) in [6, 6.07) is 7.14. The Morgan fingerprint density at radius 2 is 2.33 bits per heavy atom. The van der Waals surface area contributed by atoms with Crippen LogP contribution in [0.3, 0.4) is 0 Å². The standard InChI is InChI=1S/C10H10O2/c11-9-3-1-2-8(6-9)4-5-10-7-12-10/h1-6,10-11H,7H2/b5-4+. The predicted molar refractivity (Wildman–Crippen MR) is 46.9 cm³/mol. The second-order valence-electron chi connectivity index (χ2n) is 2.83. The van der Waals surface area contributed by atoms with Crippen LogP contribution in [0.4, 0.5) is 0 Å². The van der Waals surface area contributed by atoms with Crippen molar-refractivity contribution < 1.29 is 9.84 Å². The smallest absolute Gasteiger partial charge is 0.116 e. The molecule has 1 saturated heterocycles. The van der Waals surface area contributed by atoms with E-state index in [1.165, 1.54) is 0 Å². The molecule has 1 aliphatic rings. The van der Waals surface area contributed by atoms with Gasteiger partial charge >= 0.3 is 0 Å². The molecule has 2 rings (SSSR count). The van der Waals surface area contributed by atoms with E-state index in [1.54, 1.807) is 12.1 Å². The lowest BCUT2D eigenvalue weighted by molar-refractivity contribution is 0.440. The van der Waals surface area contributed by atoms with E-state index in [9.17, 15) is 0 Å². The molecular weight excluding hydrogens is 152 g/mol. The molecule has 0 amide bonds. The third-order valence-electron chi connectivity index (χ3n) is 1.73. The van der Waals surface area contributed by atoms with Crippen LogP contribution >= 0.6 is 0 Å². The van der Waals surface area contributed by atoms with Gasteiger partial charge in [0, 0.05) is 0 Å². The fourth-order valence-corrected chi connectivity index (χ4v) is 1.01. The maximum atomic E-state index is 9.13. The fraction of sp³-hybridized carbons (Fsp3) is 0.200. The Hall–Kier alpha value is -1.28. The number of hydrogen-bond acceptors (Lipinski definition) is 2. The molecule has 1 aromatic carbocycles. The zero-order chi connectivity index (χ0) is 8.39. The van der Waals surface area contributed by atoms with E-state index in [2.05, 4.69) is 0 Å². The predicted octanol–water partition coefficient (Wildman–Crippen LogP) is 1.80. The molecule has 12 heavy (non-hydrogen) atoms. The van der Waals surface area contributed by atoms with Gasteiger partial charge in [0.05, 0.1) is 12.7 Å². The van der Waals surface area contributed by atoms with Crippen LogP contribution in [0.15, 0.2) is 30.3 Å². The highest BCUT2D eigenvalue weighted by Crippen LogP contribution is 2.15. The van der Waals surface area contributed by atoms with Crippen molar-refractivity contribution in [2.45, 2.75) is 6.10 Å². The maximum Gasteiger partial charge on any atom is 0.116 e. The van der Waals surface area contributed by atoms with E-state index >= 15 is 0 Å². The first-order valence-electron chi connectivity index (χ1n) is 3.93. The number of epoxide rings is 1. The molecule has 62 valence electrons. The minimum Gasteiger partial charge on any atom is -0.508 e. The zero-order valence-corrected chi connectivity index (χ0v) is 6.60. The number of rotatable bonds is 2. The van der Waals surface area contributed by atoms with E-state index in [0.717, 1.165) is 12.2 Å². The van der Waals surface area contributed by atoms with Crippen molar-refractivity contribution >= 4 is 6.08 Å². The molecule has 1 unspecified atom stereocenters. The molecule has 0 bridgehead atoms. The molecule has 0 radical (unpaired) electrons. The number of aromatic hydroxyl groups is 1. The number of phenolic OH excluding ortho intramolecular Hbond substituents is 1. The summed E-state index contributed by atoms with van der Waals surface area (Å²) in [6.45, 7) is 0.829. The first-order chi connectivity index (χ1) is 5.84. The SMILES string of the molecule is Oc1cccc(/C=C/C2CO2)c1. The number of ether oxygens (including phenoxy) is 1.